The van der Waals surface area contributed by atoms with Crippen LogP contribution in [0.1, 0.15) is 68.9 Å². The number of fused-ring (bicyclic) bond motifs is 1. The van der Waals surface area contributed by atoms with Crippen LogP contribution < -0.4 is 10.3 Å². The van der Waals surface area contributed by atoms with Gasteiger partial charge >= 0.3 is 0 Å². The Balaban J connectivity index is 1.58. The highest BCUT2D eigenvalue weighted by Gasteiger charge is 2.34. The summed E-state index contributed by atoms with van der Waals surface area (Å²) >= 11 is 0. The number of tetrazole rings is 1. The van der Waals surface area contributed by atoms with Crippen LogP contribution in [-0.4, -0.2) is 74.8 Å². The molecule has 2 fully saturated rings. The van der Waals surface area contributed by atoms with E-state index in [2.05, 4.69) is 37.2 Å². The van der Waals surface area contributed by atoms with Gasteiger partial charge in [0.2, 0.25) is 0 Å². The third-order valence-corrected chi connectivity index (χ3v) is 7.37. The molecular formula is C25H35N7O2. The summed E-state index contributed by atoms with van der Waals surface area (Å²) in [6.07, 6.45) is 6.97. The molecule has 2 aliphatic rings. The van der Waals surface area contributed by atoms with E-state index in [4.69, 9.17) is 4.74 Å². The quantitative estimate of drug-likeness (QED) is 0.573. The summed E-state index contributed by atoms with van der Waals surface area (Å²) in [6.45, 7) is 7.03. The van der Waals surface area contributed by atoms with Gasteiger partial charge in [0.15, 0.2) is 5.82 Å². The Labute approximate surface area is 200 Å². The van der Waals surface area contributed by atoms with Crippen molar-refractivity contribution in [3.8, 4) is 5.75 Å². The molecule has 0 unspecified atom stereocenters. The number of methoxy groups -OCH3 is 1. The Bertz CT molecular complexity index is 1160. The zero-order valence-corrected chi connectivity index (χ0v) is 20.2. The van der Waals surface area contributed by atoms with Gasteiger partial charge in [-0.05, 0) is 60.5 Å². The lowest BCUT2D eigenvalue weighted by Gasteiger charge is -2.39. The Hall–Kier alpha value is -2.78. The van der Waals surface area contributed by atoms with E-state index in [0.29, 0.717) is 11.6 Å². The van der Waals surface area contributed by atoms with Gasteiger partial charge in [0.05, 0.1) is 13.2 Å². The molecule has 2 aromatic heterocycles. The average Bonchev–Trinajstić information content (AvgIpc) is 3.35. The predicted octanol–water partition coefficient (Wildman–Crippen LogP) is 3.15. The molecule has 9 heteroatoms. The van der Waals surface area contributed by atoms with Crippen molar-refractivity contribution in [2.45, 2.75) is 57.5 Å². The first-order chi connectivity index (χ1) is 16.7. The van der Waals surface area contributed by atoms with Gasteiger partial charge in [-0.2, -0.15) is 0 Å². The lowest BCUT2D eigenvalue weighted by Crippen LogP contribution is -2.49. The molecule has 0 bridgehead atoms. The molecule has 9 nitrogen and oxygen atoms in total. The highest BCUT2D eigenvalue weighted by Crippen LogP contribution is 2.33. The normalized spacial score (nSPS) is 19.5. The topological polar surface area (TPSA) is 92.2 Å². The second-order valence-corrected chi connectivity index (χ2v) is 9.56. The lowest BCUT2D eigenvalue weighted by molar-refractivity contribution is 0.103. The summed E-state index contributed by atoms with van der Waals surface area (Å²) in [6, 6.07) is 7.73. The van der Waals surface area contributed by atoms with Crippen LogP contribution >= 0.6 is 0 Å². The Morgan fingerprint density at radius 3 is 2.65 bits per heavy atom. The van der Waals surface area contributed by atoms with E-state index in [0.717, 1.165) is 74.5 Å². The highest BCUT2D eigenvalue weighted by atomic mass is 16.5. The summed E-state index contributed by atoms with van der Waals surface area (Å²) in [5, 5.41) is 14.0. The van der Waals surface area contributed by atoms with Crippen LogP contribution in [-0.2, 0) is 0 Å². The first-order valence-corrected chi connectivity index (χ1v) is 12.6. The van der Waals surface area contributed by atoms with E-state index < -0.39 is 0 Å². The van der Waals surface area contributed by atoms with Gasteiger partial charge in [0.1, 0.15) is 11.8 Å². The zero-order valence-electron chi connectivity index (χ0n) is 20.2. The maximum Gasteiger partial charge on any atom is 0.253 e. The largest absolute Gasteiger partial charge is 0.497 e. The standard InChI is InChI=1S/C25H35N7O2/c1-3-11-30-12-14-31(15-13-30)23(24-27-28-29-32(24)19-7-5-4-6-8-19)21-17-18-16-20(34-2)9-10-22(18)26-25(21)33/h9-10,16-17,19,23H,3-8,11-15H2,1-2H3,(H,26,33)/t23-/m1/s1. The molecule has 182 valence electrons. The fourth-order valence-electron chi connectivity index (χ4n) is 5.56. The number of H-pyrrole nitrogens is 1. The van der Waals surface area contributed by atoms with Gasteiger partial charge in [-0.3, -0.25) is 9.69 Å². The van der Waals surface area contributed by atoms with Crippen LogP contribution in [0.15, 0.2) is 29.1 Å². The molecule has 0 radical (unpaired) electrons. The summed E-state index contributed by atoms with van der Waals surface area (Å²) in [5.41, 5.74) is 1.40. The number of benzene rings is 1. The number of nitrogens with zero attached hydrogens (tertiary/aromatic N) is 6. The summed E-state index contributed by atoms with van der Waals surface area (Å²) in [7, 11) is 1.66. The van der Waals surface area contributed by atoms with Crippen LogP contribution in [0.2, 0.25) is 0 Å². The number of ether oxygens (including phenoxy) is 1. The second-order valence-electron chi connectivity index (χ2n) is 9.56. The van der Waals surface area contributed by atoms with Crippen LogP contribution in [0.5, 0.6) is 5.75 Å². The fourth-order valence-corrected chi connectivity index (χ4v) is 5.56. The summed E-state index contributed by atoms with van der Waals surface area (Å²) in [5.74, 6) is 1.55. The zero-order chi connectivity index (χ0) is 23.5. The van der Waals surface area contributed by atoms with Crippen molar-refractivity contribution in [1.29, 1.82) is 0 Å². The Morgan fingerprint density at radius 1 is 1.12 bits per heavy atom. The van der Waals surface area contributed by atoms with Gasteiger partial charge in [-0.15, -0.1) is 5.10 Å². The molecule has 1 aromatic carbocycles. The molecule has 1 N–H and O–H groups in total. The van der Waals surface area contributed by atoms with Gasteiger partial charge in [-0.1, -0.05) is 26.2 Å². The van der Waals surface area contributed by atoms with Crippen molar-refractivity contribution in [3.05, 3.63) is 46.0 Å². The van der Waals surface area contributed by atoms with Crippen molar-refractivity contribution in [1.82, 2.24) is 35.0 Å². The molecule has 34 heavy (non-hydrogen) atoms. The first kappa shape index (κ1) is 23.0. The number of nitrogens with one attached hydrogen (secondary N) is 1. The predicted molar refractivity (Wildman–Crippen MR) is 131 cm³/mol. The molecule has 1 atom stereocenters. The molecule has 5 rings (SSSR count). The number of aromatic nitrogens is 5. The smallest absolute Gasteiger partial charge is 0.253 e. The van der Waals surface area contributed by atoms with Gasteiger partial charge in [0, 0.05) is 42.6 Å². The highest BCUT2D eigenvalue weighted by molar-refractivity contribution is 5.80. The molecule has 3 heterocycles. The number of pyridine rings is 1. The molecule has 1 saturated heterocycles. The lowest BCUT2D eigenvalue weighted by atomic mass is 9.95. The van der Waals surface area contributed by atoms with Gasteiger partial charge < -0.3 is 14.6 Å². The average molecular weight is 466 g/mol. The fraction of sp³-hybridized carbons (Fsp3) is 0.600. The molecule has 0 amide bonds. The molecule has 0 spiro atoms. The van der Waals surface area contributed by atoms with Crippen molar-refractivity contribution in [2.24, 2.45) is 0 Å². The molecule has 3 aromatic rings. The minimum absolute atomic E-state index is 0.0863. The van der Waals surface area contributed by atoms with Crippen molar-refractivity contribution >= 4 is 10.9 Å². The minimum atomic E-state index is -0.292. The first-order valence-electron chi connectivity index (χ1n) is 12.6. The summed E-state index contributed by atoms with van der Waals surface area (Å²) < 4.78 is 7.44. The molecule has 1 aliphatic heterocycles. The molecular weight excluding hydrogens is 430 g/mol. The maximum atomic E-state index is 13.4. The number of piperazine rings is 1. The van der Waals surface area contributed by atoms with E-state index in [-0.39, 0.29) is 11.6 Å². The van der Waals surface area contributed by atoms with Crippen molar-refractivity contribution in [3.63, 3.8) is 0 Å². The van der Waals surface area contributed by atoms with Crippen LogP contribution in [0.25, 0.3) is 10.9 Å². The SMILES string of the molecule is CCCN1CCN([C@H](c2cc3cc(OC)ccc3[nH]c2=O)c2nnnn2C2CCCCC2)CC1. The second kappa shape index (κ2) is 10.2. The Kier molecular flexibility index (Phi) is 6.92. The van der Waals surface area contributed by atoms with Crippen molar-refractivity contribution < 1.29 is 4.74 Å². The maximum absolute atomic E-state index is 13.4. The molecule has 1 aliphatic carbocycles. The number of hydrogen-bond acceptors (Lipinski definition) is 7. The monoisotopic (exact) mass is 465 g/mol. The number of rotatable bonds is 7. The van der Waals surface area contributed by atoms with Crippen LogP contribution in [0, 0.1) is 0 Å². The van der Waals surface area contributed by atoms with Crippen LogP contribution in [0.3, 0.4) is 0 Å². The third kappa shape index (κ3) is 4.59. The minimum Gasteiger partial charge on any atom is -0.497 e. The third-order valence-electron chi connectivity index (χ3n) is 7.37. The number of aromatic amines is 1. The van der Waals surface area contributed by atoms with E-state index in [9.17, 15) is 4.79 Å². The van der Waals surface area contributed by atoms with Crippen LogP contribution in [0.4, 0.5) is 0 Å². The number of hydrogen-bond donors (Lipinski definition) is 1. The Morgan fingerprint density at radius 2 is 1.91 bits per heavy atom. The van der Waals surface area contributed by atoms with E-state index in [1.807, 2.05) is 28.9 Å². The van der Waals surface area contributed by atoms with Crippen molar-refractivity contribution in [2.75, 3.05) is 39.8 Å². The van der Waals surface area contributed by atoms with E-state index in [1.54, 1.807) is 7.11 Å². The van der Waals surface area contributed by atoms with E-state index >= 15 is 0 Å². The molecule has 1 saturated carbocycles. The van der Waals surface area contributed by atoms with Gasteiger partial charge in [-0.25, -0.2) is 4.68 Å². The van der Waals surface area contributed by atoms with Gasteiger partial charge in [0.25, 0.3) is 5.56 Å². The summed E-state index contributed by atoms with van der Waals surface area (Å²) in [4.78, 5) is 21.4. The van der Waals surface area contributed by atoms with E-state index in [1.165, 1.54) is 19.3 Å².